The molecule has 0 aromatic rings. The van der Waals surface area contributed by atoms with Crippen LogP contribution in [0.25, 0.3) is 0 Å². The average molecular weight is 224 g/mol. The van der Waals surface area contributed by atoms with E-state index in [0.717, 1.165) is 25.7 Å². The monoisotopic (exact) mass is 224 g/mol. The fraction of sp³-hybridized carbons (Fsp3) is 1.00. The van der Waals surface area contributed by atoms with Gasteiger partial charge in [0.15, 0.2) is 0 Å². The van der Waals surface area contributed by atoms with Gasteiger partial charge in [-0.1, -0.05) is 0 Å². The molecule has 0 atom stereocenters. The molecule has 0 bridgehead atoms. The Morgan fingerprint density at radius 2 is 1.79 bits per heavy atom. The molecule has 0 amide bonds. The molecule has 1 saturated carbocycles. The summed E-state index contributed by atoms with van der Waals surface area (Å²) in [6.07, 6.45) is 3.35. The van der Waals surface area contributed by atoms with Crippen molar-refractivity contribution in [3.8, 4) is 0 Å². The van der Waals surface area contributed by atoms with E-state index in [2.05, 4.69) is 5.43 Å². The maximum Gasteiger partial charge on any atom is 0.346 e. The van der Waals surface area contributed by atoms with Gasteiger partial charge in [0.05, 0.1) is 0 Å². The fourth-order valence-corrected chi connectivity index (χ4v) is 1.96. The third-order valence-electron chi connectivity index (χ3n) is 2.50. The maximum absolute atomic E-state index is 10.3. The topological polar surface area (TPSA) is 98.7 Å². The predicted molar refractivity (Wildman–Crippen MR) is 50.7 cm³/mol. The largest absolute Gasteiger partial charge is 0.396 e. The number of rotatable bonds is 4. The van der Waals surface area contributed by atoms with Crippen LogP contribution in [0.1, 0.15) is 25.7 Å². The molecule has 0 unspecified atom stereocenters. The molecular weight excluding hydrogens is 208 g/mol. The van der Waals surface area contributed by atoms with Crippen LogP contribution < -0.4 is 10.3 Å². The molecule has 84 valence electrons. The number of aliphatic hydroxyl groups excluding tert-OH is 1. The van der Waals surface area contributed by atoms with E-state index in [-0.39, 0.29) is 12.6 Å². The third-order valence-corrected chi connectivity index (χ3v) is 2.87. The SMILES string of the molecule is O=S(=O)(O)NNC1CCC(CO)CC1. The second kappa shape index (κ2) is 5.04. The Kier molecular flexibility index (Phi) is 4.27. The molecule has 0 spiro atoms. The first kappa shape index (κ1) is 11.9. The van der Waals surface area contributed by atoms with Crippen molar-refractivity contribution in [1.29, 1.82) is 0 Å². The zero-order valence-corrected chi connectivity index (χ0v) is 8.63. The molecular formula is C7H16N2O4S. The lowest BCUT2D eigenvalue weighted by atomic mass is 9.87. The average Bonchev–Trinajstić information content (AvgIpc) is 2.14. The van der Waals surface area contributed by atoms with Crippen LogP contribution in [-0.2, 0) is 10.3 Å². The van der Waals surface area contributed by atoms with Crippen LogP contribution in [0.2, 0.25) is 0 Å². The molecule has 6 nitrogen and oxygen atoms in total. The molecule has 0 aromatic carbocycles. The van der Waals surface area contributed by atoms with Gasteiger partial charge in [-0.2, -0.15) is 8.42 Å². The van der Waals surface area contributed by atoms with Crippen molar-refractivity contribution >= 4 is 10.3 Å². The Labute approximate surface area is 83.6 Å². The Balaban J connectivity index is 2.23. The van der Waals surface area contributed by atoms with Crippen LogP contribution in [0.15, 0.2) is 0 Å². The van der Waals surface area contributed by atoms with Crippen LogP contribution >= 0.6 is 0 Å². The summed E-state index contributed by atoms with van der Waals surface area (Å²) in [5.74, 6) is 0.332. The lowest BCUT2D eigenvalue weighted by Gasteiger charge is -2.27. The molecule has 4 N–H and O–H groups in total. The summed E-state index contributed by atoms with van der Waals surface area (Å²) in [7, 11) is -4.15. The standard InChI is InChI=1S/C7H16N2O4S/c10-5-6-1-3-7(4-2-6)8-9-14(11,12)13/h6-10H,1-5H2,(H,11,12,13). The van der Waals surface area contributed by atoms with Gasteiger partial charge < -0.3 is 5.11 Å². The second-order valence-electron chi connectivity index (χ2n) is 3.62. The van der Waals surface area contributed by atoms with Gasteiger partial charge in [-0.05, 0) is 31.6 Å². The Morgan fingerprint density at radius 3 is 2.21 bits per heavy atom. The van der Waals surface area contributed by atoms with Crippen molar-refractivity contribution in [3.05, 3.63) is 0 Å². The van der Waals surface area contributed by atoms with Gasteiger partial charge in [0, 0.05) is 12.6 Å². The fourth-order valence-electron chi connectivity index (χ4n) is 1.65. The van der Waals surface area contributed by atoms with Crippen LogP contribution in [0, 0.1) is 5.92 Å². The molecule has 0 saturated heterocycles. The molecule has 1 aliphatic carbocycles. The number of aliphatic hydroxyl groups is 1. The Morgan fingerprint density at radius 1 is 1.21 bits per heavy atom. The minimum absolute atomic E-state index is 0.0414. The van der Waals surface area contributed by atoms with Gasteiger partial charge >= 0.3 is 10.3 Å². The summed E-state index contributed by atoms with van der Waals surface area (Å²) in [5.41, 5.74) is 2.54. The lowest BCUT2D eigenvalue weighted by molar-refractivity contribution is 0.173. The number of hydrogen-bond donors (Lipinski definition) is 4. The van der Waals surface area contributed by atoms with Crippen molar-refractivity contribution in [3.63, 3.8) is 0 Å². The van der Waals surface area contributed by atoms with E-state index >= 15 is 0 Å². The van der Waals surface area contributed by atoms with Crippen molar-refractivity contribution in [2.24, 2.45) is 5.92 Å². The van der Waals surface area contributed by atoms with Gasteiger partial charge in [-0.15, -0.1) is 4.83 Å². The Hall–Kier alpha value is -0.210. The zero-order valence-electron chi connectivity index (χ0n) is 7.81. The quantitative estimate of drug-likeness (QED) is 0.379. The van der Waals surface area contributed by atoms with E-state index in [1.807, 2.05) is 4.83 Å². The highest BCUT2D eigenvalue weighted by atomic mass is 32.2. The van der Waals surface area contributed by atoms with Crippen LogP contribution in [0.4, 0.5) is 0 Å². The van der Waals surface area contributed by atoms with Crippen LogP contribution in [0.3, 0.4) is 0 Å². The molecule has 0 radical (unpaired) electrons. The van der Waals surface area contributed by atoms with Crippen molar-refractivity contribution in [1.82, 2.24) is 10.3 Å². The van der Waals surface area contributed by atoms with Gasteiger partial charge in [-0.3, -0.25) is 4.55 Å². The highest BCUT2D eigenvalue weighted by Gasteiger charge is 2.20. The predicted octanol–water partition coefficient (Wildman–Crippen LogP) is -0.566. The first-order valence-electron chi connectivity index (χ1n) is 4.62. The zero-order chi connectivity index (χ0) is 10.6. The second-order valence-corrected chi connectivity index (χ2v) is 4.78. The van der Waals surface area contributed by atoms with Gasteiger partial charge in [0.25, 0.3) is 0 Å². The summed E-state index contributed by atoms with van der Waals surface area (Å²) < 4.78 is 29.1. The van der Waals surface area contributed by atoms with E-state index in [1.165, 1.54) is 0 Å². The summed E-state index contributed by atoms with van der Waals surface area (Å²) in [6.45, 7) is 0.193. The molecule has 0 aromatic heterocycles. The molecule has 1 fully saturated rings. The summed E-state index contributed by atoms with van der Waals surface area (Å²) in [4.78, 5) is 1.84. The maximum atomic E-state index is 10.3. The van der Waals surface area contributed by atoms with Gasteiger partial charge in [0.2, 0.25) is 0 Å². The molecule has 0 heterocycles. The highest BCUT2D eigenvalue weighted by Crippen LogP contribution is 2.23. The molecule has 7 heteroatoms. The molecule has 14 heavy (non-hydrogen) atoms. The third kappa shape index (κ3) is 4.34. The summed E-state index contributed by atoms with van der Waals surface area (Å²) in [6, 6.07) is 0.0414. The van der Waals surface area contributed by atoms with Crippen molar-refractivity contribution < 1.29 is 18.1 Å². The van der Waals surface area contributed by atoms with Crippen LogP contribution in [-0.4, -0.2) is 30.7 Å². The van der Waals surface area contributed by atoms with E-state index in [4.69, 9.17) is 9.66 Å². The number of hydrazine groups is 1. The van der Waals surface area contributed by atoms with E-state index in [0.29, 0.717) is 5.92 Å². The van der Waals surface area contributed by atoms with E-state index in [1.54, 1.807) is 0 Å². The van der Waals surface area contributed by atoms with Crippen LogP contribution in [0.5, 0.6) is 0 Å². The normalized spacial score (nSPS) is 29.0. The lowest BCUT2D eigenvalue weighted by Crippen LogP contribution is -2.45. The number of hydrogen-bond acceptors (Lipinski definition) is 4. The Bertz CT molecular complexity index is 259. The van der Waals surface area contributed by atoms with E-state index < -0.39 is 10.3 Å². The van der Waals surface area contributed by atoms with Gasteiger partial charge in [-0.25, -0.2) is 5.43 Å². The molecule has 1 rings (SSSR count). The van der Waals surface area contributed by atoms with E-state index in [9.17, 15) is 8.42 Å². The minimum Gasteiger partial charge on any atom is -0.396 e. The van der Waals surface area contributed by atoms with Crippen molar-refractivity contribution in [2.45, 2.75) is 31.7 Å². The summed E-state index contributed by atoms with van der Waals surface area (Å²) in [5, 5.41) is 8.86. The van der Waals surface area contributed by atoms with Gasteiger partial charge in [0.1, 0.15) is 0 Å². The highest BCUT2D eigenvalue weighted by molar-refractivity contribution is 7.83. The smallest absolute Gasteiger partial charge is 0.346 e. The first-order chi connectivity index (χ1) is 6.51. The molecule has 1 aliphatic rings. The first-order valence-corrected chi connectivity index (χ1v) is 6.06. The minimum atomic E-state index is -4.15. The molecule has 0 aliphatic heterocycles. The number of nitrogens with one attached hydrogen (secondary N) is 2. The van der Waals surface area contributed by atoms with Crippen molar-refractivity contribution in [2.75, 3.05) is 6.61 Å². The summed E-state index contributed by atoms with van der Waals surface area (Å²) >= 11 is 0.